The first kappa shape index (κ1) is 14.4. The van der Waals surface area contributed by atoms with E-state index in [2.05, 4.69) is 32.0 Å². The summed E-state index contributed by atoms with van der Waals surface area (Å²) in [5.41, 5.74) is 9.73. The predicted molar refractivity (Wildman–Crippen MR) is 81.3 cm³/mol. The molecule has 106 valence electrons. The first-order valence-corrected chi connectivity index (χ1v) is 6.69. The van der Waals surface area contributed by atoms with Crippen LogP contribution in [0, 0.1) is 13.8 Å². The van der Waals surface area contributed by atoms with Crippen LogP contribution in [0.2, 0.25) is 0 Å². The van der Waals surface area contributed by atoms with Crippen LogP contribution in [0.15, 0.2) is 42.5 Å². The maximum Gasteiger partial charge on any atom is 0.161 e. The molecule has 0 aromatic heterocycles. The fourth-order valence-electron chi connectivity index (χ4n) is 2.24. The highest BCUT2D eigenvalue weighted by atomic mass is 16.5. The Balaban J connectivity index is 2.06. The van der Waals surface area contributed by atoms with Gasteiger partial charge in [-0.1, -0.05) is 41.5 Å². The summed E-state index contributed by atoms with van der Waals surface area (Å²) in [7, 11) is 1.63. The first-order chi connectivity index (χ1) is 9.60. The van der Waals surface area contributed by atoms with E-state index in [9.17, 15) is 0 Å². The highest BCUT2D eigenvalue weighted by Gasteiger charge is 2.10. The van der Waals surface area contributed by atoms with Gasteiger partial charge in [-0.15, -0.1) is 0 Å². The lowest BCUT2D eigenvalue weighted by Crippen LogP contribution is -2.19. The molecule has 0 saturated carbocycles. The Morgan fingerprint density at radius 2 is 1.60 bits per heavy atom. The van der Waals surface area contributed by atoms with E-state index in [4.69, 9.17) is 15.2 Å². The van der Waals surface area contributed by atoms with Crippen molar-refractivity contribution in [3.63, 3.8) is 0 Å². The molecular formula is C17H21NO2. The molecule has 0 amide bonds. The Labute approximate surface area is 120 Å². The highest BCUT2D eigenvalue weighted by molar-refractivity contribution is 5.39. The van der Waals surface area contributed by atoms with Gasteiger partial charge in [0, 0.05) is 0 Å². The zero-order valence-electron chi connectivity index (χ0n) is 12.2. The van der Waals surface area contributed by atoms with Crippen molar-refractivity contribution in [2.75, 3.05) is 13.7 Å². The van der Waals surface area contributed by atoms with E-state index < -0.39 is 0 Å². The predicted octanol–water partition coefficient (Wildman–Crippen LogP) is 3.39. The van der Waals surface area contributed by atoms with Crippen LogP contribution in [0.1, 0.15) is 22.7 Å². The van der Waals surface area contributed by atoms with E-state index in [0.29, 0.717) is 6.61 Å². The minimum Gasteiger partial charge on any atom is -0.493 e. The van der Waals surface area contributed by atoms with Gasteiger partial charge in [0.1, 0.15) is 6.61 Å². The zero-order valence-corrected chi connectivity index (χ0v) is 12.2. The van der Waals surface area contributed by atoms with Gasteiger partial charge in [0.15, 0.2) is 11.5 Å². The molecule has 0 saturated heterocycles. The van der Waals surface area contributed by atoms with E-state index in [-0.39, 0.29) is 6.04 Å². The summed E-state index contributed by atoms with van der Waals surface area (Å²) in [4.78, 5) is 0. The summed E-state index contributed by atoms with van der Waals surface area (Å²) in [5, 5.41) is 0. The SMILES string of the molecule is COc1ccccc1OCC(N)c1cc(C)cc(C)c1. The van der Waals surface area contributed by atoms with Crippen LogP contribution in [0.5, 0.6) is 11.5 Å². The maximum atomic E-state index is 6.21. The number of rotatable bonds is 5. The molecule has 0 radical (unpaired) electrons. The van der Waals surface area contributed by atoms with Gasteiger partial charge < -0.3 is 15.2 Å². The van der Waals surface area contributed by atoms with Gasteiger partial charge >= 0.3 is 0 Å². The van der Waals surface area contributed by atoms with Gasteiger partial charge in [0.05, 0.1) is 13.2 Å². The zero-order chi connectivity index (χ0) is 14.5. The Hall–Kier alpha value is -2.00. The highest BCUT2D eigenvalue weighted by Crippen LogP contribution is 2.27. The molecular weight excluding hydrogens is 250 g/mol. The number of aryl methyl sites for hydroxylation is 2. The molecule has 3 heteroatoms. The molecule has 1 unspecified atom stereocenters. The Bertz CT molecular complexity index is 561. The summed E-state index contributed by atoms with van der Waals surface area (Å²) < 4.78 is 11.0. The molecule has 0 heterocycles. The second-order valence-corrected chi connectivity index (χ2v) is 4.99. The second kappa shape index (κ2) is 6.44. The molecule has 0 fully saturated rings. The van der Waals surface area contributed by atoms with Crippen LogP contribution in [0.3, 0.4) is 0 Å². The van der Waals surface area contributed by atoms with Gasteiger partial charge in [-0.25, -0.2) is 0 Å². The van der Waals surface area contributed by atoms with Gasteiger partial charge in [-0.05, 0) is 31.5 Å². The van der Waals surface area contributed by atoms with E-state index in [1.165, 1.54) is 11.1 Å². The van der Waals surface area contributed by atoms with Crippen LogP contribution in [0.4, 0.5) is 0 Å². The standard InChI is InChI=1S/C17H21NO2/c1-12-8-13(2)10-14(9-12)15(18)11-20-17-7-5-4-6-16(17)19-3/h4-10,15H,11,18H2,1-3H3. The van der Waals surface area contributed by atoms with Crippen molar-refractivity contribution < 1.29 is 9.47 Å². The number of methoxy groups -OCH3 is 1. The third-order valence-corrected chi connectivity index (χ3v) is 3.16. The van der Waals surface area contributed by atoms with E-state index in [1.807, 2.05) is 24.3 Å². The topological polar surface area (TPSA) is 44.5 Å². The lowest BCUT2D eigenvalue weighted by atomic mass is 10.0. The van der Waals surface area contributed by atoms with Crippen molar-refractivity contribution >= 4 is 0 Å². The number of benzene rings is 2. The van der Waals surface area contributed by atoms with Crippen LogP contribution in [-0.2, 0) is 0 Å². The molecule has 0 aliphatic rings. The third-order valence-electron chi connectivity index (χ3n) is 3.16. The summed E-state index contributed by atoms with van der Waals surface area (Å²) in [6.45, 7) is 4.57. The number of nitrogens with two attached hydrogens (primary N) is 1. The summed E-state index contributed by atoms with van der Waals surface area (Å²) in [6, 6.07) is 13.8. The Morgan fingerprint density at radius 1 is 1.00 bits per heavy atom. The van der Waals surface area contributed by atoms with Gasteiger partial charge in [-0.3, -0.25) is 0 Å². The summed E-state index contributed by atoms with van der Waals surface area (Å²) >= 11 is 0. The molecule has 0 spiro atoms. The van der Waals surface area contributed by atoms with Gasteiger partial charge in [0.25, 0.3) is 0 Å². The fourth-order valence-corrected chi connectivity index (χ4v) is 2.24. The van der Waals surface area contributed by atoms with Crippen LogP contribution >= 0.6 is 0 Å². The number of hydrogen-bond donors (Lipinski definition) is 1. The lowest BCUT2D eigenvalue weighted by Gasteiger charge is -2.16. The van der Waals surface area contributed by atoms with Crippen molar-refractivity contribution in [2.24, 2.45) is 5.73 Å². The van der Waals surface area contributed by atoms with Crippen LogP contribution in [-0.4, -0.2) is 13.7 Å². The minimum atomic E-state index is -0.154. The van der Waals surface area contributed by atoms with Crippen molar-refractivity contribution in [3.05, 3.63) is 59.2 Å². The van der Waals surface area contributed by atoms with E-state index >= 15 is 0 Å². The molecule has 0 aliphatic carbocycles. The van der Waals surface area contributed by atoms with E-state index in [0.717, 1.165) is 17.1 Å². The van der Waals surface area contributed by atoms with Crippen molar-refractivity contribution in [3.8, 4) is 11.5 Å². The molecule has 1 atom stereocenters. The number of ether oxygens (including phenoxy) is 2. The van der Waals surface area contributed by atoms with E-state index in [1.54, 1.807) is 7.11 Å². The molecule has 20 heavy (non-hydrogen) atoms. The molecule has 3 nitrogen and oxygen atoms in total. The maximum absolute atomic E-state index is 6.21. The molecule has 2 aromatic rings. The second-order valence-electron chi connectivity index (χ2n) is 4.99. The van der Waals surface area contributed by atoms with Crippen LogP contribution < -0.4 is 15.2 Å². The summed E-state index contributed by atoms with van der Waals surface area (Å²) in [5.74, 6) is 1.44. The summed E-state index contributed by atoms with van der Waals surface area (Å²) in [6.07, 6.45) is 0. The van der Waals surface area contributed by atoms with Crippen molar-refractivity contribution in [2.45, 2.75) is 19.9 Å². The fraction of sp³-hybridized carbons (Fsp3) is 0.294. The largest absolute Gasteiger partial charge is 0.493 e. The van der Waals surface area contributed by atoms with Gasteiger partial charge in [-0.2, -0.15) is 0 Å². The monoisotopic (exact) mass is 271 g/mol. The minimum absolute atomic E-state index is 0.154. The first-order valence-electron chi connectivity index (χ1n) is 6.69. The molecule has 2 aromatic carbocycles. The average molecular weight is 271 g/mol. The smallest absolute Gasteiger partial charge is 0.161 e. The molecule has 0 aliphatic heterocycles. The molecule has 0 bridgehead atoms. The van der Waals surface area contributed by atoms with Crippen molar-refractivity contribution in [1.29, 1.82) is 0 Å². The number of hydrogen-bond acceptors (Lipinski definition) is 3. The third kappa shape index (κ3) is 3.52. The number of para-hydroxylation sites is 2. The molecule has 2 N–H and O–H groups in total. The quantitative estimate of drug-likeness (QED) is 0.906. The Morgan fingerprint density at radius 3 is 2.20 bits per heavy atom. The molecule has 2 rings (SSSR count). The van der Waals surface area contributed by atoms with Crippen molar-refractivity contribution in [1.82, 2.24) is 0 Å². The Kier molecular flexibility index (Phi) is 4.64. The lowest BCUT2D eigenvalue weighted by molar-refractivity contribution is 0.273. The van der Waals surface area contributed by atoms with Crippen LogP contribution in [0.25, 0.3) is 0 Å². The average Bonchev–Trinajstić information content (AvgIpc) is 2.44. The van der Waals surface area contributed by atoms with Gasteiger partial charge in [0.2, 0.25) is 0 Å². The normalized spacial score (nSPS) is 12.0.